The fourth-order valence-corrected chi connectivity index (χ4v) is 2.00. The summed E-state index contributed by atoms with van der Waals surface area (Å²) in [5.41, 5.74) is 5.98. The van der Waals surface area contributed by atoms with Crippen LogP contribution in [0.3, 0.4) is 0 Å². The van der Waals surface area contributed by atoms with Crippen LogP contribution in [0.1, 0.15) is 20.3 Å². The monoisotopic (exact) mass is 222 g/mol. The molecule has 0 unspecified atom stereocenters. The number of rotatable bonds is 2. The van der Waals surface area contributed by atoms with E-state index in [-0.39, 0.29) is 5.95 Å². The zero-order chi connectivity index (χ0) is 11.8. The van der Waals surface area contributed by atoms with Gasteiger partial charge in [0.05, 0.1) is 7.11 Å². The first kappa shape index (κ1) is 11.0. The summed E-state index contributed by atoms with van der Waals surface area (Å²) in [6, 6.07) is 1.83. The van der Waals surface area contributed by atoms with Crippen molar-refractivity contribution in [3.63, 3.8) is 0 Å². The molecule has 16 heavy (non-hydrogen) atoms. The Kier molecular flexibility index (Phi) is 2.61. The Hall–Kier alpha value is -1.52. The van der Waals surface area contributed by atoms with Crippen molar-refractivity contribution in [3.05, 3.63) is 6.07 Å². The van der Waals surface area contributed by atoms with E-state index >= 15 is 0 Å². The fourth-order valence-electron chi connectivity index (χ4n) is 2.00. The molecule has 0 aromatic carbocycles. The summed E-state index contributed by atoms with van der Waals surface area (Å²) in [7, 11) is 1.58. The van der Waals surface area contributed by atoms with E-state index in [4.69, 9.17) is 10.5 Å². The molecule has 1 aromatic rings. The van der Waals surface area contributed by atoms with E-state index in [1.807, 2.05) is 6.07 Å². The molecule has 1 aliphatic heterocycles. The lowest BCUT2D eigenvalue weighted by molar-refractivity contribution is 0.397. The SMILES string of the molecule is COc1cc(N2CCC(C)(C)C2)nc(N)n1. The molecule has 0 spiro atoms. The van der Waals surface area contributed by atoms with Crippen LogP contribution in [-0.4, -0.2) is 30.2 Å². The average Bonchev–Trinajstić information content (AvgIpc) is 2.58. The van der Waals surface area contributed by atoms with Gasteiger partial charge in [-0.25, -0.2) is 0 Å². The van der Waals surface area contributed by atoms with E-state index in [2.05, 4.69) is 28.7 Å². The van der Waals surface area contributed by atoms with Gasteiger partial charge in [0.1, 0.15) is 5.82 Å². The maximum Gasteiger partial charge on any atom is 0.225 e. The normalized spacial score (nSPS) is 18.8. The van der Waals surface area contributed by atoms with Crippen LogP contribution in [0.25, 0.3) is 0 Å². The zero-order valence-corrected chi connectivity index (χ0v) is 10.0. The molecule has 0 atom stereocenters. The molecule has 0 saturated carbocycles. The molecule has 0 aliphatic carbocycles. The van der Waals surface area contributed by atoms with Crippen molar-refractivity contribution in [2.24, 2.45) is 5.41 Å². The van der Waals surface area contributed by atoms with Crippen LogP contribution < -0.4 is 15.4 Å². The molecular formula is C11H18N4O. The Morgan fingerprint density at radius 1 is 1.44 bits per heavy atom. The van der Waals surface area contributed by atoms with Crippen LogP contribution in [-0.2, 0) is 0 Å². The zero-order valence-electron chi connectivity index (χ0n) is 10.0. The Labute approximate surface area is 95.6 Å². The van der Waals surface area contributed by atoms with Gasteiger partial charge in [-0.1, -0.05) is 13.8 Å². The van der Waals surface area contributed by atoms with E-state index in [1.54, 1.807) is 7.11 Å². The minimum atomic E-state index is 0.263. The van der Waals surface area contributed by atoms with Crippen LogP contribution in [0, 0.1) is 5.41 Å². The van der Waals surface area contributed by atoms with Gasteiger partial charge >= 0.3 is 0 Å². The highest BCUT2D eigenvalue weighted by atomic mass is 16.5. The minimum absolute atomic E-state index is 0.263. The van der Waals surface area contributed by atoms with Crippen LogP contribution in [0.5, 0.6) is 5.88 Å². The molecule has 0 bridgehead atoms. The predicted octanol–water partition coefficient (Wildman–Crippen LogP) is 1.30. The third-order valence-electron chi connectivity index (χ3n) is 2.92. The molecule has 2 N–H and O–H groups in total. The average molecular weight is 222 g/mol. The van der Waals surface area contributed by atoms with Crippen molar-refractivity contribution >= 4 is 11.8 Å². The topological polar surface area (TPSA) is 64.3 Å². The van der Waals surface area contributed by atoms with Gasteiger partial charge < -0.3 is 15.4 Å². The number of ether oxygens (including phenoxy) is 1. The Morgan fingerprint density at radius 3 is 2.75 bits per heavy atom. The predicted molar refractivity (Wildman–Crippen MR) is 63.6 cm³/mol. The lowest BCUT2D eigenvalue weighted by Crippen LogP contribution is -2.24. The number of methoxy groups -OCH3 is 1. The quantitative estimate of drug-likeness (QED) is 0.817. The van der Waals surface area contributed by atoms with Crippen LogP contribution in [0.4, 0.5) is 11.8 Å². The standard InChI is InChI=1S/C11H18N4O/c1-11(2)4-5-15(7-11)8-6-9(16-3)14-10(12)13-8/h6H,4-5,7H2,1-3H3,(H2,12,13,14). The summed E-state index contributed by atoms with van der Waals surface area (Å²) in [6.45, 7) is 6.52. The summed E-state index contributed by atoms with van der Waals surface area (Å²) >= 11 is 0. The van der Waals surface area contributed by atoms with E-state index in [0.717, 1.165) is 18.9 Å². The highest BCUT2D eigenvalue weighted by molar-refractivity contribution is 5.46. The molecule has 1 aliphatic rings. The second-order valence-corrected chi connectivity index (χ2v) is 4.96. The molecule has 0 radical (unpaired) electrons. The van der Waals surface area contributed by atoms with E-state index in [9.17, 15) is 0 Å². The smallest absolute Gasteiger partial charge is 0.225 e. The van der Waals surface area contributed by atoms with Crippen LogP contribution in [0.15, 0.2) is 6.07 Å². The molecule has 1 aromatic heterocycles. The summed E-state index contributed by atoms with van der Waals surface area (Å²) in [4.78, 5) is 10.4. The van der Waals surface area contributed by atoms with Gasteiger partial charge in [0.2, 0.25) is 11.8 Å². The Bertz CT molecular complexity index is 392. The number of nitrogens with zero attached hydrogens (tertiary/aromatic N) is 3. The van der Waals surface area contributed by atoms with E-state index < -0.39 is 0 Å². The molecule has 5 nitrogen and oxygen atoms in total. The van der Waals surface area contributed by atoms with Crippen molar-refractivity contribution in [1.82, 2.24) is 9.97 Å². The van der Waals surface area contributed by atoms with Crippen molar-refractivity contribution in [2.45, 2.75) is 20.3 Å². The summed E-state index contributed by atoms with van der Waals surface area (Å²) in [5, 5.41) is 0. The lowest BCUT2D eigenvalue weighted by Gasteiger charge is -2.20. The number of aromatic nitrogens is 2. The molecule has 0 amide bonds. The van der Waals surface area contributed by atoms with Gasteiger partial charge in [0.15, 0.2) is 0 Å². The molecule has 1 fully saturated rings. The van der Waals surface area contributed by atoms with Crippen molar-refractivity contribution < 1.29 is 4.74 Å². The van der Waals surface area contributed by atoms with Gasteiger partial charge in [-0.3, -0.25) is 0 Å². The fraction of sp³-hybridized carbons (Fsp3) is 0.636. The maximum absolute atomic E-state index is 5.64. The summed E-state index contributed by atoms with van der Waals surface area (Å²) in [6.07, 6.45) is 1.17. The second-order valence-electron chi connectivity index (χ2n) is 4.96. The van der Waals surface area contributed by atoms with Crippen LogP contribution in [0.2, 0.25) is 0 Å². The molecule has 2 rings (SSSR count). The van der Waals surface area contributed by atoms with Gasteiger partial charge in [-0.15, -0.1) is 0 Å². The number of hydrogen-bond acceptors (Lipinski definition) is 5. The first-order valence-corrected chi connectivity index (χ1v) is 5.44. The number of nitrogens with two attached hydrogens (primary N) is 1. The first-order valence-electron chi connectivity index (χ1n) is 5.44. The second kappa shape index (κ2) is 3.81. The largest absolute Gasteiger partial charge is 0.481 e. The number of hydrogen-bond donors (Lipinski definition) is 1. The number of anilines is 2. The number of nitrogen functional groups attached to an aromatic ring is 1. The van der Waals surface area contributed by atoms with Gasteiger partial charge in [0, 0.05) is 19.2 Å². The Morgan fingerprint density at radius 2 is 2.19 bits per heavy atom. The lowest BCUT2D eigenvalue weighted by atomic mass is 9.93. The Balaban J connectivity index is 2.24. The molecule has 1 saturated heterocycles. The van der Waals surface area contributed by atoms with E-state index in [0.29, 0.717) is 11.3 Å². The summed E-state index contributed by atoms with van der Waals surface area (Å²) in [5.74, 6) is 1.64. The minimum Gasteiger partial charge on any atom is -0.481 e. The van der Waals surface area contributed by atoms with Crippen molar-refractivity contribution in [1.29, 1.82) is 0 Å². The van der Waals surface area contributed by atoms with Gasteiger partial charge in [0.25, 0.3) is 0 Å². The highest BCUT2D eigenvalue weighted by Gasteiger charge is 2.30. The first-order chi connectivity index (χ1) is 7.50. The third kappa shape index (κ3) is 2.18. The molecule has 88 valence electrons. The highest BCUT2D eigenvalue weighted by Crippen LogP contribution is 2.32. The van der Waals surface area contributed by atoms with E-state index in [1.165, 1.54) is 6.42 Å². The van der Waals surface area contributed by atoms with Gasteiger partial charge in [-0.05, 0) is 11.8 Å². The molecular weight excluding hydrogens is 204 g/mol. The summed E-state index contributed by atoms with van der Waals surface area (Å²) < 4.78 is 5.09. The maximum atomic E-state index is 5.64. The van der Waals surface area contributed by atoms with Crippen molar-refractivity contribution in [2.75, 3.05) is 30.8 Å². The molecule has 5 heteroatoms. The third-order valence-corrected chi connectivity index (χ3v) is 2.92. The van der Waals surface area contributed by atoms with Crippen molar-refractivity contribution in [3.8, 4) is 5.88 Å². The molecule has 2 heterocycles. The van der Waals surface area contributed by atoms with Gasteiger partial charge in [-0.2, -0.15) is 9.97 Å². The van der Waals surface area contributed by atoms with Crippen LogP contribution >= 0.6 is 0 Å².